The Labute approximate surface area is 130 Å². The SMILES string of the molecule is COc1ccc(-c2cccc(C3(C)CN(C)C(=N)N3)c2)cn1. The quantitative estimate of drug-likeness (QED) is 0.913. The Bertz CT molecular complexity index is 698. The number of guanidine groups is 1. The summed E-state index contributed by atoms with van der Waals surface area (Å²) in [7, 11) is 3.54. The number of methoxy groups -OCH3 is 1. The number of hydrogen-bond donors (Lipinski definition) is 2. The summed E-state index contributed by atoms with van der Waals surface area (Å²) in [5, 5.41) is 11.2. The fourth-order valence-corrected chi connectivity index (χ4v) is 2.83. The molecule has 3 rings (SSSR count). The van der Waals surface area contributed by atoms with E-state index in [4.69, 9.17) is 10.1 Å². The zero-order valence-electron chi connectivity index (χ0n) is 13.1. The van der Waals surface area contributed by atoms with Crippen molar-refractivity contribution >= 4 is 5.96 Å². The monoisotopic (exact) mass is 296 g/mol. The van der Waals surface area contributed by atoms with Crippen LogP contribution in [-0.2, 0) is 5.54 Å². The third-order valence-electron chi connectivity index (χ3n) is 4.11. The van der Waals surface area contributed by atoms with E-state index in [1.165, 1.54) is 0 Å². The standard InChI is InChI=1S/C17H20N4O/c1-17(11-21(2)16(18)20-17)14-6-4-5-12(9-14)13-7-8-15(22-3)19-10-13/h4-10H,11H2,1-3H3,(H2,18,20). The second kappa shape index (κ2) is 5.33. The van der Waals surface area contributed by atoms with Gasteiger partial charge in [-0.2, -0.15) is 0 Å². The van der Waals surface area contributed by atoms with Gasteiger partial charge in [-0.25, -0.2) is 4.98 Å². The van der Waals surface area contributed by atoms with Crippen molar-refractivity contribution in [3.63, 3.8) is 0 Å². The highest BCUT2D eigenvalue weighted by molar-refractivity contribution is 5.80. The minimum atomic E-state index is -0.248. The average molecular weight is 296 g/mol. The van der Waals surface area contributed by atoms with Crippen LogP contribution in [0.1, 0.15) is 12.5 Å². The Morgan fingerprint density at radius 1 is 1.27 bits per heavy atom. The van der Waals surface area contributed by atoms with E-state index in [-0.39, 0.29) is 5.54 Å². The molecule has 1 aromatic carbocycles. The van der Waals surface area contributed by atoms with E-state index in [0.29, 0.717) is 11.8 Å². The fourth-order valence-electron chi connectivity index (χ4n) is 2.83. The third kappa shape index (κ3) is 2.50. The van der Waals surface area contributed by atoms with Gasteiger partial charge in [-0.3, -0.25) is 5.41 Å². The number of likely N-dealkylation sites (N-methyl/N-ethyl adjacent to an activating group) is 1. The molecule has 1 atom stereocenters. The summed E-state index contributed by atoms with van der Waals surface area (Å²) in [6.45, 7) is 2.90. The number of benzene rings is 1. The molecule has 1 unspecified atom stereocenters. The summed E-state index contributed by atoms with van der Waals surface area (Å²) in [5.74, 6) is 1.07. The molecule has 5 nitrogen and oxygen atoms in total. The molecule has 0 spiro atoms. The minimum Gasteiger partial charge on any atom is -0.481 e. The van der Waals surface area contributed by atoms with Crippen LogP contribution in [-0.4, -0.2) is 36.5 Å². The van der Waals surface area contributed by atoms with Crippen LogP contribution >= 0.6 is 0 Å². The maximum atomic E-state index is 7.91. The van der Waals surface area contributed by atoms with Gasteiger partial charge in [0.1, 0.15) is 0 Å². The van der Waals surface area contributed by atoms with Crippen molar-refractivity contribution in [2.24, 2.45) is 0 Å². The normalized spacial score (nSPS) is 20.9. The minimum absolute atomic E-state index is 0.248. The molecule has 1 aliphatic rings. The number of aromatic nitrogens is 1. The Morgan fingerprint density at radius 3 is 2.68 bits per heavy atom. The second-order valence-electron chi connectivity index (χ2n) is 5.83. The van der Waals surface area contributed by atoms with Crippen LogP contribution in [0.2, 0.25) is 0 Å². The number of nitrogens with one attached hydrogen (secondary N) is 2. The van der Waals surface area contributed by atoms with Crippen LogP contribution in [0.5, 0.6) is 5.88 Å². The van der Waals surface area contributed by atoms with E-state index in [9.17, 15) is 0 Å². The Balaban J connectivity index is 1.94. The summed E-state index contributed by atoms with van der Waals surface area (Å²) < 4.78 is 5.10. The van der Waals surface area contributed by atoms with E-state index in [0.717, 1.165) is 23.2 Å². The second-order valence-corrected chi connectivity index (χ2v) is 5.83. The number of ether oxygens (including phenoxy) is 1. The van der Waals surface area contributed by atoms with Crippen LogP contribution in [0.25, 0.3) is 11.1 Å². The molecule has 2 N–H and O–H groups in total. The van der Waals surface area contributed by atoms with E-state index in [2.05, 4.69) is 35.4 Å². The molecule has 1 saturated heterocycles. The van der Waals surface area contributed by atoms with Gasteiger partial charge in [0.05, 0.1) is 12.6 Å². The Kier molecular flexibility index (Phi) is 3.48. The summed E-state index contributed by atoms with van der Waals surface area (Å²) in [5.41, 5.74) is 3.07. The molecule has 1 aromatic heterocycles. The number of hydrogen-bond acceptors (Lipinski definition) is 3. The first kappa shape index (κ1) is 14.4. The largest absolute Gasteiger partial charge is 0.481 e. The first-order chi connectivity index (χ1) is 10.5. The molecular weight excluding hydrogens is 276 g/mol. The summed E-state index contributed by atoms with van der Waals surface area (Å²) in [6.07, 6.45) is 1.82. The van der Waals surface area contributed by atoms with Crippen LogP contribution in [0.15, 0.2) is 42.6 Å². The Morgan fingerprint density at radius 2 is 2.09 bits per heavy atom. The van der Waals surface area contributed by atoms with Crippen molar-refractivity contribution in [3.8, 4) is 17.0 Å². The third-order valence-corrected chi connectivity index (χ3v) is 4.11. The smallest absolute Gasteiger partial charge is 0.212 e. The maximum absolute atomic E-state index is 7.91. The van der Waals surface area contributed by atoms with Gasteiger partial charge in [0.15, 0.2) is 5.96 Å². The van der Waals surface area contributed by atoms with Gasteiger partial charge in [0.2, 0.25) is 5.88 Å². The van der Waals surface area contributed by atoms with Crippen molar-refractivity contribution in [1.82, 2.24) is 15.2 Å². The van der Waals surface area contributed by atoms with Crippen molar-refractivity contribution in [3.05, 3.63) is 48.2 Å². The molecule has 2 aromatic rings. The highest BCUT2D eigenvalue weighted by Gasteiger charge is 2.36. The molecule has 0 saturated carbocycles. The molecule has 114 valence electrons. The van der Waals surface area contributed by atoms with Crippen LogP contribution in [0.3, 0.4) is 0 Å². The first-order valence-corrected chi connectivity index (χ1v) is 7.21. The molecule has 1 aliphatic heterocycles. The lowest BCUT2D eigenvalue weighted by Gasteiger charge is -2.24. The van der Waals surface area contributed by atoms with E-state index < -0.39 is 0 Å². The summed E-state index contributed by atoms with van der Waals surface area (Å²) in [4.78, 5) is 6.18. The Hall–Kier alpha value is -2.56. The van der Waals surface area contributed by atoms with Crippen molar-refractivity contribution in [2.45, 2.75) is 12.5 Å². The predicted molar refractivity (Wildman–Crippen MR) is 87.1 cm³/mol. The van der Waals surface area contributed by atoms with Crippen molar-refractivity contribution in [2.75, 3.05) is 20.7 Å². The van der Waals surface area contributed by atoms with Gasteiger partial charge in [-0.1, -0.05) is 18.2 Å². The molecule has 0 aliphatic carbocycles. The number of pyridine rings is 1. The van der Waals surface area contributed by atoms with Crippen molar-refractivity contribution < 1.29 is 4.74 Å². The molecule has 0 bridgehead atoms. The molecule has 5 heteroatoms. The molecule has 22 heavy (non-hydrogen) atoms. The molecule has 1 fully saturated rings. The fraction of sp³-hybridized carbons (Fsp3) is 0.294. The van der Waals surface area contributed by atoms with Gasteiger partial charge >= 0.3 is 0 Å². The lowest BCUT2D eigenvalue weighted by molar-refractivity contribution is 0.398. The number of nitrogens with zero attached hydrogens (tertiary/aromatic N) is 2. The lowest BCUT2D eigenvalue weighted by atomic mass is 9.90. The first-order valence-electron chi connectivity index (χ1n) is 7.21. The van der Waals surface area contributed by atoms with E-state index >= 15 is 0 Å². The van der Waals surface area contributed by atoms with Crippen LogP contribution in [0.4, 0.5) is 0 Å². The molecule has 0 amide bonds. The molecular formula is C17H20N4O. The topological polar surface area (TPSA) is 61.2 Å². The molecule has 2 heterocycles. The van der Waals surface area contributed by atoms with E-state index in [1.54, 1.807) is 7.11 Å². The maximum Gasteiger partial charge on any atom is 0.212 e. The average Bonchev–Trinajstić information content (AvgIpc) is 2.81. The summed E-state index contributed by atoms with van der Waals surface area (Å²) in [6, 6.07) is 12.2. The van der Waals surface area contributed by atoms with E-state index in [1.807, 2.05) is 36.3 Å². The highest BCUT2D eigenvalue weighted by Crippen LogP contribution is 2.30. The van der Waals surface area contributed by atoms with Gasteiger partial charge in [-0.15, -0.1) is 0 Å². The van der Waals surface area contributed by atoms with Crippen molar-refractivity contribution in [1.29, 1.82) is 5.41 Å². The highest BCUT2D eigenvalue weighted by atomic mass is 16.5. The molecule has 0 radical (unpaired) electrons. The van der Waals surface area contributed by atoms with Gasteiger partial charge in [0, 0.05) is 31.4 Å². The number of rotatable bonds is 3. The zero-order valence-corrected chi connectivity index (χ0v) is 13.1. The van der Waals surface area contributed by atoms with Crippen LogP contribution in [0, 0.1) is 5.41 Å². The predicted octanol–water partition coefficient (Wildman–Crippen LogP) is 2.44. The summed E-state index contributed by atoms with van der Waals surface area (Å²) >= 11 is 0. The van der Waals surface area contributed by atoms with Gasteiger partial charge in [0.25, 0.3) is 0 Å². The zero-order chi connectivity index (χ0) is 15.7. The van der Waals surface area contributed by atoms with Gasteiger partial charge < -0.3 is 15.0 Å². The van der Waals surface area contributed by atoms with Crippen LogP contribution < -0.4 is 10.1 Å². The van der Waals surface area contributed by atoms with Gasteiger partial charge in [-0.05, 0) is 30.2 Å². The lowest BCUT2D eigenvalue weighted by Crippen LogP contribution is -2.37.